The second-order valence-electron chi connectivity index (χ2n) is 4.54. The van der Waals surface area contributed by atoms with Gasteiger partial charge in [0.15, 0.2) is 0 Å². The topological polar surface area (TPSA) is 26.0 Å². The first kappa shape index (κ1) is 15.0. The Morgan fingerprint density at radius 3 is 1.42 bits per heavy atom. The van der Waals surface area contributed by atoms with Gasteiger partial charge in [0.25, 0.3) is 0 Å². The van der Waals surface area contributed by atoms with Gasteiger partial charge in [-0.1, -0.05) is 30.4 Å². The first-order valence-electron chi connectivity index (χ1n) is 6.55. The van der Waals surface area contributed by atoms with Crippen LogP contribution in [0.4, 0.5) is 5.69 Å². The zero-order valence-electron chi connectivity index (χ0n) is 11.6. The maximum Gasteiger partial charge on any atom is 0.0391 e. The Balaban J connectivity index is 3.47. The molecule has 1 heteroatoms. The Hall–Kier alpha value is -2.02. The molecule has 0 saturated heterocycles. The highest BCUT2D eigenvalue weighted by Gasteiger charge is 2.13. The van der Waals surface area contributed by atoms with Crippen LogP contribution in [0.15, 0.2) is 56.7 Å². The third-order valence-corrected chi connectivity index (χ3v) is 3.20. The van der Waals surface area contributed by atoms with Crippen molar-refractivity contribution in [1.82, 2.24) is 0 Å². The summed E-state index contributed by atoms with van der Waals surface area (Å²) in [7, 11) is 0. The predicted octanol–water partition coefficient (Wildman–Crippen LogP) is 4.18. The standard InChI is InChI=1S/C18H23N/c1-5-9-14-13-15(10-6-2)17(12-8-4)18(19)16(14)11-7-3/h5-8,13H,1-4,9-12,19H2. The molecule has 1 aromatic rings. The average Bonchev–Trinajstić information content (AvgIpc) is 2.39. The normalized spacial score (nSPS) is 9.89. The average molecular weight is 253 g/mol. The second-order valence-corrected chi connectivity index (χ2v) is 4.54. The molecule has 0 aliphatic rings. The van der Waals surface area contributed by atoms with Crippen molar-refractivity contribution in [1.29, 1.82) is 0 Å². The minimum Gasteiger partial charge on any atom is -0.398 e. The molecule has 1 aromatic carbocycles. The van der Waals surface area contributed by atoms with Gasteiger partial charge < -0.3 is 5.73 Å². The minimum absolute atomic E-state index is 0.785. The summed E-state index contributed by atoms with van der Waals surface area (Å²) in [6.07, 6.45) is 10.8. The zero-order chi connectivity index (χ0) is 14.3. The summed E-state index contributed by atoms with van der Waals surface area (Å²) in [5.74, 6) is 0. The van der Waals surface area contributed by atoms with Crippen LogP contribution < -0.4 is 5.73 Å². The maximum absolute atomic E-state index is 6.35. The van der Waals surface area contributed by atoms with Crippen molar-refractivity contribution in [3.63, 3.8) is 0 Å². The molecule has 0 aliphatic heterocycles. The predicted molar refractivity (Wildman–Crippen MR) is 86.5 cm³/mol. The van der Waals surface area contributed by atoms with E-state index in [9.17, 15) is 0 Å². The third-order valence-electron chi connectivity index (χ3n) is 3.20. The molecule has 0 bridgehead atoms. The van der Waals surface area contributed by atoms with Crippen LogP contribution in [-0.2, 0) is 25.7 Å². The highest BCUT2D eigenvalue weighted by atomic mass is 14.6. The number of nitrogens with two attached hydrogens (primary N) is 1. The molecule has 100 valence electrons. The zero-order valence-corrected chi connectivity index (χ0v) is 11.6. The first-order valence-corrected chi connectivity index (χ1v) is 6.55. The third kappa shape index (κ3) is 3.47. The summed E-state index contributed by atoms with van der Waals surface area (Å²) < 4.78 is 0. The molecule has 0 fully saturated rings. The second kappa shape index (κ2) is 7.42. The van der Waals surface area contributed by atoms with Crippen molar-refractivity contribution < 1.29 is 0 Å². The molecule has 0 aliphatic carbocycles. The van der Waals surface area contributed by atoms with Gasteiger partial charge in [-0.05, 0) is 47.9 Å². The molecular weight excluding hydrogens is 230 g/mol. The Bertz CT molecular complexity index is 453. The highest BCUT2D eigenvalue weighted by molar-refractivity contribution is 5.62. The lowest BCUT2D eigenvalue weighted by Crippen LogP contribution is -2.07. The lowest BCUT2D eigenvalue weighted by molar-refractivity contribution is 1.08. The monoisotopic (exact) mass is 253 g/mol. The fraction of sp³-hybridized carbons (Fsp3) is 0.222. The smallest absolute Gasteiger partial charge is 0.0391 e. The molecule has 1 nitrogen and oxygen atoms in total. The van der Waals surface area contributed by atoms with E-state index in [0.29, 0.717) is 0 Å². The van der Waals surface area contributed by atoms with Gasteiger partial charge in [0.2, 0.25) is 0 Å². The lowest BCUT2D eigenvalue weighted by Gasteiger charge is -2.18. The molecule has 0 unspecified atom stereocenters. The van der Waals surface area contributed by atoms with E-state index >= 15 is 0 Å². The van der Waals surface area contributed by atoms with Crippen molar-refractivity contribution in [2.75, 3.05) is 5.73 Å². The minimum atomic E-state index is 0.785. The van der Waals surface area contributed by atoms with E-state index in [1.54, 1.807) is 0 Å². The fourth-order valence-electron chi connectivity index (χ4n) is 2.36. The number of hydrogen-bond donors (Lipinski definition) is 1. The van der Waals surface area contributed by atoms with Gasteiger partial charge in [0.05, 0.1) is 0 Å². The quantitative estimate of drug-likeness (QED) is 0.546. The van der Waals surface area contributed by atoms with Crippen LogP contribution in [0.2, 0.25) is 0 Å². The summed E-state index contributed by atoms with van der Waals surface area (Å²) in [5.41, 5.74) is 12.0. The van der Waals surface area contributed by atoms with E-state index in [0.717, 1.165) is 31.4 Å². The van der Waals surface area contributed by atoms with Crippen molar-refractivity contribution in [3.8, 4) is 0 Å². The van der Waals surface area contributed by atoms with Crippen LogP contribution in [0.3, 0.4) is 0 Å². The molecule has 1 rings (SSSR count). The molecule has 0 radical (unpaired) electrons. The summed E-state index contributed by atoms with van der Waals surface area (Å²) in [6.45, 7) is 15.3. The number of nitrogen functional groups attached to an aromatic ring is 1. The molecule has 0 spiro atoms. The van der Waals surface area contributed by atoms with Crippen molar-refractivity contribution in [2.45, 2.75) is 25.7 Å². The number of hydrogen-bond acceptors (Lipinski definition) is 1. The Morgan fingerprint density at radius 1 is 0.737 bits per heavy atom. The fourth-order valence-corrected chi connectivity index (χ4v) is 2.36. The van der Waals surface area contributed by atoms with Gasteiger partial charge in [-0.15, -0.1) is 26.3 Å². The number of benzene rings is 1. The lowest BCUT2D eigenvalue weighted by atomic mass is 9.89. The van der Waals surface area contributed by atoms with Crippen molar-refractivity contribution in [3.05, 3.63) is 78.9 Å². The Labute approximate surface area is 116 Å². The van der Waals surface area contributed by atoms with Gasteiger partial charge >= 0.3 is 0 Å². The SMILES string of the molecule is C=CCc1cc(CC=C)c(CC=C)c(N)c1CC=C. The van der Waals surface area contributed by atoms with Gasteiger partial charge in [-0.25, -0.2) is 0 Å². The molecule has 0 aromatic heterocycles. The molecular formula is C18H23N. The van der Waals surface area contributed by atoms with Gasteiger partial charge in [-0.3, -0.25) is 0 Å². The van der Waals surface area contributed by atoms with E-state index in [4.69, 9.17) is 5.73 Å². The molecule has 0 atom stereocenters. The highest BCUT2D eigenvalue weighted by Crippen LogP contribution is 2.29. The van der Waals surface area contributed by atoms with E-state index in [-0.39, 0.29) is 0 Å². The Morgan fingerprint density at radius 2 is 1.11 bits per heavy atom. The first-order chi connectivity index (χ1) is 9.19. The van der Waals surface area contributed by atoms with Gasteiger partial charge in [0, 0.05) is 5.69 Å². The van der Waals surface area contributed by atoms with Gasteiger partial charge in [-0.2, -0.15) is 0 Å². The number of allylic oxidation sites excluding steroid dienone is 4. The van der Waals surface area contributed by atoms with E-state index in [1.165, 1.54) is 22.3 Å². The van der Waals surface area contributed by atoms with Crippen LogP contribution in [0.5, 0.6) is 0 Å². The summed E-state index contributed by atoms with van der Waals surface area (Å²) in [4.78, 5) is 0. The van der Waals surface area contributed by atoms with Crippen molar-refractivity contribution >= 4 is 5.69 Å². The van der Waals surface area contributed by atoms with Gasteiger partial charge in [0.1, 0.15) is 0 Å². The number of anilines is 1. The maximum atomic E-state index is 6.35. The Kier molecular flexibility index (Phi) is 5.87. The molecule has 2 N–H and O–H groups in total. The van der Waals surface area contributed by atoms with Crippen LogP contribution in [0.25, 0.3) is 0 Å². The summed E-state index contributed by atoms with van der Waals surface area (Å²) >= 11 is 0. The summed E-state index contributed by atoms with van der Waals surface area (Å²) in [5, 5.41) is 0. The molecule has 0 heterocycles. The van der Waals surface area contributed by atoms with E-state index < -0.39 is 0 Å². The van der Waals surface area contributed by atoms with Crippen LogP contribution in [0.1, 0.15) is 22.3 Å². The van der Waals surface area contributed by atoms with Crippen LogP contribution >= 0.6 is 0 Å². The van der Waals surface area contributed by atoms with E-state index in [1.807, 2.05) is 24.3 Å². The van der Waals surface area contributed by atoms with E-state index in [2.05, 4.69) is 32.4 Å². The largest absolute Gasteiger partial charge is 0.398 e. The van der Waals surface area contributed by atoms with Crippen LogP contribution in [0, 0.1) is 0 Å². The van der Waals surface area contributed by atoms with Crippen LogP contribution in [-0.4, -0.2) is 0 Å². The molecule has 0 saturated carbocycles. The van der Waals surface area contributed by atoms with Crippen molar-refractivity contribution in [2.24, 2.45) is 0 Å². The molecule has 19 heavy (non-hydrogen) atoms. The molecule has 0 amide bonds. The number of rotatable bonds is 8. The summed E-state index contributed by atoms with van der Waals surface area (Å²) in [6, 6.07) is 2.22.